The summed E-state index contributed by atoms with van der Waals surface area (Å²) < 4.78 is 0. The van der Waals surface area contributed by atoms with E-state index in [2.05, 4.69) is 43.4 Å². The number of rotatable bonds is 7. The fourth-order valence-electron chi connectivity index (χ4n) is 2.95. The van der Waals surface area contributed by atoms with Crippen LogP contribution < -0.4 is 5.32 Å². The number of benzene rings is 1. The smallest absolute Gasteiger partial charge is 0.323 e. The van der Waals surface area contributed by atoms with Crippen LogP contribution in [0, 0.1) is 6.92 Å². The van der Waals surface area contributed by atoms with E-state index >= 15 is 0 Å². The van der Waals surface area contributed by atoms with Crippen molar-refractivity contribution in [3.05, 3.63) is 35.4 Å². The van der Waals surface area contributed by atoms with E-state index in [-0.39, 0.29) is 0 Å². The van der Waals surface area contributed by atoms with Gasteiger partial charge in [0.05, 0.1) is 0 Å². The van der Waals surface area contributed by atoms with Crippen LogP contribution in [-0.2, 0) is 10.5 Å². The number of hydrogen-bond donors (Lipinski definition) is 2. The van der Waals surface area contributed by atoms with Gasteiger partial charge < -0.3 is 10.4 Å². The molecule has 0 bridgehead atoms. The highest BCUT2D eigenvalue weighted by Crippen LogP contribution is 2.38. The summed E-state index contributed by atoms with van der Waals surface area (Å²) in [6.07, 6.45) is 3.43. The lowest BCUT2D eigenvalue weighted by atomic mass is 9.98. The zero-order chi connectivity index (χ0) is 15.3. The van der Waals surface area contributed by atoms with Gasteiger partial charge in [-0.1, -0.05) is 36.8 Å². The fourth-order valence-corrected chi connectivity index (χ4v) is 4.25. The highest BCUT2D eigenvalue weighted by atomic mass is 32.2. The number of aliphatic carboxylic acids is 1. The molecule has 1 fully saturated rings. The highest BCUT2D eigenvalue weighted by Gasteiger charge is 2.45. The minimum atomic E-state index is -0.694. The molecule has 0 aromatic heterocycles. The Balaban J connectivity index is 1.90. The van der Waals surface area contributed by atoms with Crippen molar-refractivity contribution < 1.29 is 9.90 Å². The summed E-state index contributed by atoms with van der Waals surface area (Å²) in [6.45, 7) is 4.96. The Labute approximate surface area is 131 Å². The average Bonchev–Trinajstić information content (AvgIpc) is 2.88. The molecular weight excluding hydrogens is 282 g/mol. The molecule has 0 heterocycles. The molecule has 0 saturated heterocycles. The SMILES string of the molecule is CCCNC1(C(=O)O)CCC(SCc2cccc(C)c2)C1. The van der Waals surface area contributed by atoms with E-state index in [0.717, 1.165) is 38.0 Å². The van der Waals surface area contributed by atoms with E-state index in [1.165, 1.54) is 11.1 Å². The van der Waals surface area contributed by atoms with Gasteiger partial charge in [-0.25, -0.2) is 0 Å². The fraction of sp³-hybridized carbons (Fsp3) is 0.588. The van der Waals surface area contributed by atoms with Gasteiger partial charge in [0.1, 0.15) is 5.54 Å². The third kappa shape index (κ3) is 4.24. The van der Waals surface area contributed by atoms with Crippen molar-refractivity contribution in [1.29, 1.82) is 0 Å². The second kappa shape index (κ2) is 7.32. The van der Waals surface area contributed by atoms with Gasteiger partial charge in [-0.15, -0.1) is 0 Å². The monoisotopic (exact) mass is 307 g/mol. The van der Waals surface area contributed by atoms with Crippen LogP contribution in [0.4, 0.5) is 0 Å². The first-order chi connectivity index (χ1) is 10.1. The average molecular weight is 307 g/mol. The van der Waals surface area contributed by atoms with Gasteiger partial charge in [0.25, 0.3) is 0 Å². The van der Waals surface area contributed by atoms with E-state index < -0.39 is 11.5 Å². The van der Waals surface area contributed by atoms with Gasteiger partial charge >= 0.3 is 5.97 Å². The lowest BCUT2D eigenvalue weighted by Gasteiger charge is -2.25. The topological polar surface area (TPSA) is 49.3 Å². The number of aryl methyl sites for hydroxylation is 1. The molecule has 21 heavy (non-hydrogen) atoms. The van der Waals surface area contributed by atoms with E-state index in [1.807, 2.05) is 11.8 Å². The van der Waals surface area contributed by atoms with E-state index in [9.17, 15) is 9.90 Å². The van der Waals surface area contributed by atoms with Crippen LogP contribution in [0.15, 0.2) is 24.3 Å². The quantitative estimate of drug-likeness (QED) is 0.808. The summed E-state index contributed by atoms with van der Waals surface area (Å²) in [5, 5.41) is 13.3. The molecule has 1 saturated carbocycles. The summed E-state index contributed by atoms with van der Waals surface area (Å²) >= 11 is 1.90. The van der Waals surface area contributed by atoms with Gasteiger partial charge in [-0.2, -0.15) is 11.8 Å². The minimum absolute atomic E-state index is 0.436. The molecule has 2 atom stereocenters. The molecular formula is C17H25NO2S. The van der Waals surface area contributed by atoms with Gasteiger partial charge in [0, 0.05) is 11.0 Å². The number of carbonyl (C=O) groups is 1. The van der Waals surface area contributed by atoms with Gasteiger partial charge in [0.2, 0.25) is 0 Å². The molecule has 4 heteroatoms. The first kappa shape index (κ1) is 16.4. The van der Waals surface area contributed by atoms with Crippen molar-refractivity contribution in [2.45, 2.75) is 56.1 Å². The zero-order valence-electron chi connectivity index (χ0n) is 12.9. The number of nitrogens with one attached hydrogen (secondary N) is 1. The third-order valence-corrected chi connectivity index (χ3v) is 5.53. The van der Waals surface area contributed by atoms with Crippen LogP contribution in [0.2, 0.25) is 0 Å². The highest BCUT2D eigenvalue weighted by molar-refractivity contribution is 7.99. The van der Waals surface area contributed by atoms with Crippen molar-refractivity contribution in [3.63, 3.8) is 0 Å². The number of carboxylic acids is 1. The van der Waals surface area contributed by atoms with Gasteiger partial charge in [-0.3, -0.25) is 4.79 Å². The summed E-state index contributed by atoms with van der Waals surface area (Å²) in [7, 11) is 0. The van der Waals surface area contributed by atoms with Crippen LogP contribution in [0.1, 0.15) is 43.7 Å². The Morgan fingerprint density at radius 2 is 2.33 bits per heavy atom. The van der Waals surface area contributed by atoms with Crippen LogP contribution in [-0.4, -0.2) is 28.4 Å². The van der Waals surface area contributed by atoms with Crippen molar-refractivity contribution in [2.24, 2.45) is 0 Å². The standard InChI is InChI=1S/C17H25NO2S/c1-3-9-18-17(16(19)20)8-7-15(11-17)21-12-14-6-4-5-13(2)10-14/h4-6,10,15,18H,3,7-9,11-12H2,1-2H3,(H,19,20). The Bertz CT molecular complexity index is 491. The Morgan fingerprint density at radius 1 is 1.52 bits per heavy atom. The molecule has 2 rings (SSSR count). The first-order valence-electron chi connectivity index (χ1n) is 7.71. The molecule has 3 nitrogen and oxygen atoms in total. The lowest BCUT2D eigenvalue weighted by Crippen LogP contribution is -2.50. The molecule has 0 aliphatic heterocycles. The van der Waals surface area contributed by atoms with Gasteiger partial charge in [-0.05, 0) is 44.7 Å². The normalized spacial score (nSPS) is 25.1. The molecule has 2 unspecified atom stereocenters. The second-order valence-electron chi connectivity index (χ2n) is 5.98. The zero-order valence-corrected chi connectivity index (χ0v) is 13.7. The molecule has 2 N–H and O–H groups in total. The largest absolute Gasteiger partial charge is 0.480 e. The van der Waals surface area contributed by atoms with Crippen LogP contribution in [0.3, 0.4) is 0 Å². The molecule has 1 aliphatic rings. The predicted octanol–water partition coefficient (Wildman–Crippen LogP) is 3.60. The number of thioether (sulfide) groups is 1. The predicted molar refractivity (Wildman–Crippen MR) is 88.8 cm³/mol. The van der Waals surface area contributed by atoms with Gasteiger partial charge in [0.15, 0.2) is 0 Å². The van der Waals surface area contributed by atoms with Crippen LogP contribution in [0.5, 0.6) is 0 Å². The second-order valence-corrected chi connectivity index (χ2v) is 7.27. The van der Waals surface area contributed by atoms with Crippen molar-refractivity contribution in [3.8, 4) is 0 Å². The van der Waals surface area contributed by atoms with Crippen LogP contribution >= 0.6 is 11.8 Å². The summed E-state index contributed by atoms with van der Waals surface area (Å²) in [4.78, 5) is 11.6. The van der Waals surface area contributed by atoms with E-state index in [1.54, 1.807) is 0 Å². The molecule has 0 spiro atoms. The Hall–Kier alpha value is -1.00. The Morgan fingerprint density at radius 3 is 3.00 bits per heavy atom. The Kier molecular flexibility index (Phi) is 5.71. The molecule has 116 valence electrons. The summed E-state index contributed by atoms with van der Waals surface area (Å²) in [5.41, 5.74) is 1.92. The summed E-state index contributed by atoms with van der Waals surface area (Å²) in [5.74, 6) is 0.283. The van der Waals surface area contributed by atoms with Crippen molar-refractivity contribution in [1.82, 2.24) is 5.32 Å². The molecule has 0 amide bonds. The van der Waals surface area contributed by atoms with Crippen molar-refractivity contribution >= 4 is 17.7 Å². The maximum absolute atomic E-state index is 11.6. The third-order valence-electron chi connectivity index (χ3n) is 4.16. The molecule has 1 aromatic rings. The maximum atomic E-state index is 11.6. The van der Waals surface area contributed by atoms with E-state index in [0.29, 0.717) is 5.25 Å². The minimum Gasteiger partial charge on any atom is -0.480 e. The van der Waals surface area contributed by atoms with E-state index in [4.69, 9.17) is 0 Å². The molecule has 1 aliphatic carbocycles. The lowest BCUT2D eigenvalue weighted by molar-refractivity contribution is -0.144. The maximum Gasteiger partial charge on any atom is 0.323 e. The molecule has 1 aromatic carbocycles. The number of hydrogen-bond acceptors (Lipinski definition) is 3. The first-order valence-corrected chi connectivity index (χ1v) is 8.76. The molecule has 0 radical (unpaired) electrons. The van der Waals surface area contributed by atoms with Crippen LogP contribution in [0.25, 0.3) is 0 Å². The van der Waals surface area contributed by atoms with Crippen molar-refractivity contribution in [2.75, 3.05) is 6.54 Å². The summed E-state index contributed by atoms with van der Waals surface area (Å²) in [6, 6.07) is 8.55. The number of carboxylic acid groups (broad SMARTS) is 1.